The Kier molecular flexibility index (Phi) is 8.59. The third kappa shape index (κ3) is 5.88. The van der Waals surface area contributed by atoms with Crippen molar-refractivity contribution in [2.45, 2.75) is 89.2 Å². The number of hydrogen-bond acceptors (Lipinski definition) is 2. The Balaban J connectivity index is 2.55. The number of benzene rings is 1. The quantitative estimate of drug-likeness (QED) is 0.302. The van der Waals surface area contributed by atoms with Gasteiger partial charge in [0.25, 0.3) is 0 Å². The van der Waals surface area contributed by atoms with E-state index < -0.39 is 15.1 Å². The van der Waals surface area contributed by atoms with Gasteiger partial charge in [-0.2, -0.15) is 0 Å². The molecule has 0 saturated carbocycles. The van der Waals surface area contributed by atoms with E-state index in [1.165, 1.54) is 11.1 Å². The predicted molar refractivity (Wildman–Crippen MR) is 130 cm³/mol. The van der Waals surface area contributed by atoms with Crippen LogP contribution in [0.2, 0.25) is 0 Å². The summed E-state index contributed by atoms with van der Waals surface area (Å²) in [6.07, 6.45) is 8.80. The lowest BCUT2D eigenvalue weighted by Gasteiger charge is -2.38. The van der Waals surface area contributed by atoms with E-state index in [0.717, 1.165) is 43.3 Å². The summed E-state index contributed by atoms with van der Waals surface area (Å²) in [5.41, 5.74) is 4.33. The summed E-state index contributed by atoms with van der Waals surface area (Å²) in [6, 6.07) is 8.83. The maximum atomic E-state index is 13.8. The van der Waals surface area contributed by atoms with Crippen molar-refractivity contribution < 1.29 is 8.42 Å². The van der Waals surface area contributed by atoms with Crippen molar-refractivity contribution in [1.82, 2.24) is 0 Å². The van der Waals surface area contributed by atoms with Crippen molar-refractivity contribution in [3.05, 3.63) is 64.8 Å². The average molecular weight is 449 g/mol. The standard InChI is InChI=1S/C26H37ClO2S/c1-7-19(2)15-16-23(27)21(4)18-24(25-20(3)12-11-17-26(25,5)6)30(28,29)22-13-9-8-10-14-22/h7-10,13-14,18,23-24H,11-12,15-17H2,1-6H3. The number of allylic oxidation sites excluding steroid dienone is 4. The molecule has 2 nitrogen and oxygen atoms in total. The third-order valence-electron chi connectivity index (χ3n) is 6.43. The van der Waals surface area contributed by atoms with Crippen LogP contribution in [-0.2, 0) is 9.84 Å². The molecule has 0 radical (unpaired) electrons. The summed E-state index contributed by atoms with van der Waals surface area (Å²) < 4.78 is 27.6. The molecule has 0 fully saturated rings. The van der Waals surface area contributed by atoms with E-state index in [4.69, 9.17) is 11.6 Å². The van der Waals surface area contributed by atoms with Gasteiger partial charge in [-0.15, -0.1) is 11.6 Å². The van der Waals surface area contributed by atoms with Crippen LogP contribution in [0.5, 0.6) is 0 Å². The maximum Gasteiger partial charge on any atom is 0.188 e. The Hall–Kier alpha value is -1.32. The van der Waals surface area contributed by atoms with Crippen molar-refractivity contribution in [1.29, 1.82) is 0 Å². The fraction of sp³-hybridized carbons (Fsp3) is 0.538. The van der Waals surface area contributed by atoms with Crippen LogP contribution in [0, 0.1) is 5.41 Å². The van der Waals surface area contributed by atoms with Crippen molar-refractivity contribution in [3.63, 3.8) is 0 Å². The normalized spacial score (nSPS) is 20.2. The van der Waals surface area contributed by atoms with Crippen molar-refractivity contribution in [2.75, 3.05) is 0 Å². The topological polar surface area (TPSA) is 34.1 Å². The van der Waals surface area contributed by atoms with E-state index >= 15 is 0 Å². The monoisotopic (exact) mass is 448 g/mol. The number of sulfone groups is 1. The van der Waals surface area contributed by atoms with Gasteiger partial charge >= 0.3 is 0 Å². The lowest BCUT2D eigenvalue weighted by molar-refractivity contribution is 0.360. The van der Waals surface area contributed by atoms with Crippen LogP contribution in [-0.4, -0.2) is 19.0 Å². The van der Waals surface area contributed by atoms with Gasteiger partial charge < -0.3 is 0 Å². The first-order chi connectivity index (χ1) is 14.0. The second kappa shape index (κ2) is 10.3. The molecule has 1 aromatic rings. The molecule has 30 heavy (non-hydrogen) atoms. The lowest BCUT2D eigenvalue weighted by atomic mass is 9.71. The molecule has 2 rings (SSSR count). The molecule has 1 aliphatic carbocycles. The molecule has 0 saturated heterocycles. The molecule has 2 atom stereocenters. The van der Waals surface area contributed by atoms with Crippen LogP contribution in [0.1, 0.15) is 73.6 Å². The fourth-order valence-electron chi connectivity index (χ4n) is 4.42. The van der Waals surface area contributed by atoms with Gasteiger partial charge in [-0.25, -0.2) is 8.42 Å². The summed E-state index contributed by atoms with van der Waals surface area (Å²) in [7, 11) is -3.57. The smallest absolute Gasteiger partial charge is 0.188 e. The maximum absolute atomic E-state index is 13.8. The van der Waals surface area contributed by atoms with Crippen LogP contribution >= 0.6 is 11.6 Å². The van der Waals surface area contributed by atoms with Crippen molar-refractivity contribution in [2.24, 2.45) is 5.41 Å². The van der Waals surface area contributed by atoms with Gasteiger partial charge in [0, 0.05) is 0 Å². The summed E-state index contributed by atoms with van der Waals surface area (Å²) in [5, 5.41) is -0.861. The molecule has 0 amide bonds. The van der Waals surface area contributed by atoms with Crippen molar-refractivity contribution >= 4 is 21.4 Å². The van der Waals surface area contributed by atoms with Gasteiger partial charge in [0.2, 0.25) is 0 Å². The van der Waals surface area contributed by atoms with E-state index in [9.17, 15) is 8.42 Å². The van der Waals surface area contributed by atoms with Gasteiger partial charge in [0.15, 0.2) is 9.84 Å². The second-order valence-electron chi connectivity index (χ2n) is 9.26. The Morgan fingerprint density at radius 1 is 1.20 bits per heavy atom. The molecule has 4 heteroatoms. The molecule has 0 aromatic heterocycles. The van der Waals surface area contributed by atoms with E-state index in [2.05, 4.69) is 33.8 Å². The number of hydrogen-bond donors (Lipinski definition) is 0. The molecular weight excluding hydrogens is 412 g/mol. The minimum Gasteiger partial charge on any atom is -0.223 e. The molecule has 166 valence electrons. The van der Waals surface area contributed by atoms with Gasteiger partial charge in [0.1, 0.15) is 5.25 Å². The zero-order chi connectivity index (χ0) is 22.5. The lowest BCUT2D eigenvalue weighted by Crippen LogP contribution is -2.34. The average Bonchev–Trinajstić information content (AvgIpc) is 2.70. The number of halogens is 1. The highest BCUT2D eigenvalue weighted by molar-refractivity contribution is 7.92. The largest absolute Gasteiger partial charge is 0.223 e. The number of alkyl halides is 1. The highest BCUT2D eigenvalue weighted by atomic mass is 35.5. The first kappa shape index (κ1) is 24.9. The Morgan fingerprint density at radius 3 is 2.40 bits per heavy atom. The molecule has 0 bridgehead atoms. The summed E-state index contributed by atoms with van der Waals surface area (Å²) >= 11 is 6.71. The molecule has 0 aliphatic heterocycles. The molecule has 1 aromatic carbocycles. The molecular formula is C26H37ClO2S. The van der Waals surface area contributed by atoms with E-state index in [-0.39, 0.29) is 10.8 Å². The van der Waals surface area contributed by atoms with Gasteiger partial charge in [-0.1, -0.05) is 60.9 Å². The van der Waals surface area contributed by atoms with E-state index in [1.54, 1.807) is 24.3 Å². The first-order valence-corrected chi connectivity index (χ1v) is 12.9. The summed E-state index contributed by atoms with van der Waals surface area (Å²) in [4.78, 5) is 0.372. The predicted octanol–water partition coefficient (Wildman–Crippen LogP) is 7.66. The second-order valence-corrected chi connectivity index (χ2v) is 11.9. The highest BCUT2D eigenvalue weighted by Gasteiger charge is 2.39. The van der Waals surface area contributed by atoms with Gasteiger partial charge in [-0.3, -0.25) is 0 Å². The van der Waals surface area contributed by atoms with Gasteiger partial charge in [-0.05, 0) is 82.9 Å². The van der Waals surface area contributed by atoms with E-state index in [0.29, 0.717) is 4.90 Å². The van der Waals surface area contributed by atoms with Gasteiger partial charge in [0.05, 0.1) is 10.3 Å². The zero-order valence-electron chi connectivity index (χ0n) is 19.3. The third-order valence-corrected chi connectivity index (χ3v) is 8.96. The first-order valence-electron chi connectivity index (χ1n) is 10.9. The van der Waals surface area contributed by atoms with Crippen LogP contribution in [0.3, 0.4) is 0 Å². The number of rotatable bonds is 8. The Morgan fingerprint density at radius 2 is 1.83 bits per heavy atom. The molecule has 2 unspecified atom stereocenters. The van der Waals surface area contributed by atoms with Crippen molar-refractivity contribution in [3.8, 4) is 0 Å². The van der Waals surface area contributed by atoms with E-state index in [1.807, 2.05) is 26.0 Å². The minimum atomic E-state index is -3.57. The zero-order valence-corrected chi connectivity index (χ0v) is 20.9. The van der Waals surface area contributed by atoms with Crippen LogP contribution in [0.15, 0.2) is 69.7 Å². The summed E-state index contributed by atoms with van der Waals surface area (Å²) in [5.74, 6) is 0. The highest BCUT2D eigenvalue weighted by Crippen LogP contribution is 2.45. The van der Waals surface area contributed by atoms with Crippen LogP contribution in [0.25, 0.3) is 0 Å². The summed E-state index contributed by atoms with van der Waals surface area (Å²) in [6.45, 7) is 12.6. The SMILES string of the molecule is CC=C(C)CCC(Cl)C(C)=CC(C1=C(C)CCCC1(C)C)S(=O)(=O)c1ccccc1. The molecule has 0 spiro atoms. The molecule has 1 aliphatic rings. The van der Waals surface area contributed by atoms with Crippen LogP contribution < -0.4 is 0 Å². The Bertz CT molecular complexity index is 921. The van der Waals surface area contributed by atoms with Crippen LogP contribution in [0.4, 0.5) is 0 Å². The fourth-order valence-corrected chi connectivity index (χ4v) is 6.66. The minimum absolute atomic E-state index is 0.158. The Labute approximate surface area is 189 Å². The molecule has 0 heterocycles. The molecule has 0 N–H and O–H groups in total.